The Hall–Kier alpha value is -0.0151. The molecule has 0 aliphatic carbocycles. The van der Waals surface area contributed by atoms with Crippen molar-refractivity contribution in [2.75, 3.05) is 0 Å². The number of rotatable bonds is 1. The number of nitrogens with two attached hydrogens (primary N) is 1. The van der Waals surface area contributed by atoms with Crippen molar-refractivity contribution in [2.24, 2.45) is 5.73 Å². The van der Waals surface area contributed by atoms with Crippen LogP contribution in [0.25, 0.3) is 0 Å². The molecule has 2 N–H and O–H groups in total. The largest absolute Gasteiger partial charge is 0.382 e. The zero-order chi connectivity index (χ0) is 6.85. The van der Waals surface area contributed by atoms with Crippen LogP contribution in [0, 0.1) is 0 Å². The van der Waals surface area contributed by atoms with E-state index in [1.807, 2.05) is 0 Å². The fraction of sp³-hybridized carbons (Fsp3) is 1.00. The Labute approximate surface area is 57.2 Å². The van der Waals surface area contributed by atoms with Crippen molar-refractivity contribution in [1.82, 2.24) is 0 Å². The second-order valence-electron chi connectivity index (χ2n) is 2.79. The lowest BCUT2D eigenvalue weighted by Gasteiger charge is -2.10. The van der Waals surface area contributed by atoms with Crippen LogP contribution in [0.3, 0.4) is 0 Å². The van der Waals surface area contributed by atoms with E-state index in [0.29, 0.717) is 12.1 Å². The van der Waals surface area contributed by atoms with Gasteiger partial charge in [0.05, 0.1) is 6.10 Å². The van der Waals surface area contributed by atoms with Gasteiger partial charge in [0.25, 0.3) is 0 Å². The van der Waals surface area contributed by atoms with Crippen LogP contribution in [-0.2, 0) is 4.74 Å². The summed E-state index contributed by atoms with van der Waals surface area (Å²) in [4.78, 5) is 0. The number of ether oxygens (including phenoxy) is 1. The Bertz CT molecular complexity index is 99.1. The molecular formula is C6H14BNO. The minimum Gasteiger partial charge on any atom is -0.382 e. The van der Waals surface area contributed by atoms with E-state index in [1.54, 1.807) is 0 Å². The van der Waals surface area contributed by atoms with Gasteiger partial charge < -0.3 is 10.5 Å². The highest BCUT2D eigenvalue weighted by Crippen LogP contribution is 2.18. The van der Waals surface area contributed by atoms with Crippen molar-refractivity contribution in [3.05, 3.63) is 0 Å². The van der Waals surface area contributed by atoms with E-state index < -0.39 is 0 Å². The predicted octanol–water partition coefficient (Wildman–Crippen LogP) is -0.528. The average Bonchev–Trinajstić information content (AvgIpc) is 2.10. The van der Waals surface area contributed by atoms with Crippen molar-refractivity contribution in [3.63, 3.8) is 0 Å². The van der Waals surface area contributed by atoms with Crippen LogP contribution in [0.2, 0.25) is 0 Å². The molecule has 0 amide bonds. The Kier molecular flexibility index (Phi) is 2.14. The molecule has 1 fully saturated rings. The van der Waals surface area contributed by atoms with E-state index in [-0.39, 0.29) is 6.04 Å². The Morgan fingerprint density at radius 2 is 2.44 bits per heavy atom. The SMILES string of the molecule is B[C@H]1C[C@@H](N)[C@@H](CC)O1. The molecule has 3 heteroatoms. The summed E-state index contributed by atoms with van der Waals surface area (Å²) in [7, 11) is 2.08. The quantitative estimate of drug-likeness (QED) is 0.480. The zero-order valence-electron chi connectivity index (χ0n) is 6.13. The first kappa shape index (κ1) is 7.10. The summed E-state index contributed by atoms with van der Waals surface area (Å²) in [6.07, 6.45) is 2.39. The molecule has 0 saturated carbocycles. The third-order valence-corrected chi connectivity index (χ3v) is 1.89. The second kappa shape index (κ2) is 2.71. The summed E-state index contributed by atoms with van der Waals surface area (Å²) in [5.41, 5.74) is 5.75. The maximum atomic E-state index is 5.75. The molecule has 9 heavy (non-hydrogen) atoms. The molecule has 3 atom stereocenters. The molecule has 0 aromatic rings. The van der Waals surface area contributed by atoms with Gasteiger partial charge in [0.15, 0.2) is 0 Å². The first-order valence-electron chi connectivity index (χ1n) is 3.65. The topological polar surface area (TPSA) is 35.2 Å². The van der Waals surface area contributed by atoms with Crippen LogP contribution >= 0.6 is 0 Å². The van der Waals surface area contributed by atoms with Crippen molar-refractivity contribution in [1.29, 1.82) is 0 Å². The van der Waals surface area contributed by atoms with Crippen molar-refractivity contribution in [3.8, 4) is 0 Å². The van der Waals surface area contributed by atoms with Gasteiger partial charge in [0.2, 0.25) is 0 Å². The third kappa shape index (κ3) is 1.46. The molecule has 0 aromatic heterocycles. The monoisotopic (exact) mass is 127 g/mol. The lowest BCUT2D eigenvalue weighted by Crippen LogP contribution is -2.29. The number of hydrogen-bond donors (Lipinski definition) is 1. The van der Waals surface area contributed by atoms with Gasteiger partial charge in [-0.15, -0.1) is 0 Å². The van der Waals surface area contributed by atoms with Crippen LogP contribution in [0.5, 0.6) is 0 Å². The first-order valence-corrected chi connectivity index (χ1v) is 3.65. The lowest BCUT2D eigenvalue weighted by atomic mass is 9.95. The van der Waals surface area contributed by atoms with Crippen LogP contribution in [0.4, 0.5) is 0 Å². The molecule has 1 heterocycles. The van der Waals surface area contributed by atoms with Crippen molar-refractivity contribution >= 4 is 7.85 Å². The Morgan fingerprint density at radius 3 is 2.67 bits per heavy atom. The van der Waals surface area contributed by atoms with E-state index in [2.05, 4.69) is 14.8 Å². The molecule has 1 saturated heterocycles. The molecule has 0 spiro atoms. The molecule has 1 rings (SSSR count). The summed E-state index contributed by atoms with van der Waals surface area (Å²) >= 11 is 0. The van der Waals surface area contributed by atoms with E-state index in [0.717, 1.165) is 12.8 Å². The van der Waals surface area contributed by atoms with Crippen LogP contribution in [-0.4, -0.2) is 26.0 Å². The van der Waals surface area contributed by atoms with E-state index in [9.17, 15) is 0 Å². The number of hydrogen-bond acceptors (Lipinski definition) is 2. The maximum absolute atomic E-state index is 5.75. The van der Waals surface area contributed by atoms with E-state index in [4.69, 9.17) is 10.5 Å². The minimum absolute atomic E-state index is 0.282. The fourth-order valence-corrected chi connectivity index (χ4v) is 1.39. The van der Waals surface area contributed by atoms with Gasteiger partial charge >= 0.3 is 0 Å². The zero-order valence-corrected chi connectivity index (χ0v) is 6.13. The summed E-state index contributed by atoms with van der Waals surface area (Å²) in [6.45, 7) is 2.11. The molecule has 0 unspecified atom stereocenters. The predicted molar refractivity (Wildman–Crippen MR) is 40.1 cm³/mol. The van der Waals surface area contributed by atoms with Gasteiger partial charge in [0, 0.05) is 12.0 Å². The summed E-state index contributed by atoms with van der Waals surface area (Å²) in [6, 6.07) is 0.662. The first-order chi connectivity index (χ1) is 4.24. The van der Waals surface area contributed by atoms with Crippen molar-refractivity contribution < 1.29 is 4.74 Å². The third-order valence-electron chi connectivity index (χ3n) is 1.89. The minimum atomic E-state index is 0.282. The average molecular weight is 127 g/mol. The molecule has 0 radical (unpaired) electrons. The summed E-state index contributed by atoms with van der Waals surface area (Å²) in [5, 5.41) is 0. The Morgan fingerprint density at radius 1 is 1.78 bits per heavy atom. The van der Waals surface area contributed by atoms with Gasteiger partial charge in [0.1, 0.15) is 7.85 Å². The van der Waals surface area contributed by atoms with Gasteiger partial charge in [-0.2, -0.15) is 0 Å². The lowest BCUT2D eigenvalue weighted by molar-refractivity contribution is 0.0802. The Balaban J connectivity index is 2.38. The molecule has 52 valence electrons. The van der Waals surface area contributed by atoms with Gasteiger partial charge in [-0.25, -0.2) is 0 Å². The molecular weight excluding hydrogens is 113 g/mol. The molecule has 0 aromatic carbocycles. The standard InChI is InChI=1S/C6H14BNO/c1-2-5-4(8)3-6(7)9-5/h4-6H,2-3,7-8H2,1H3/t4-,5-,6-/m1/s1. The molecule has 1 aliphatic heterocycles. The molecule has 2 nitrogen and oxygen atoms in total. The second-order valence-corrected chi connectivity index (χ2v) is 2.79. The van der Waals surface area contributed by atoms with E-state index in [1.165, 1.54) is 0 Å². The van der Waals surface area contributed by atoms with Crippen LogP contribution < -0.4 is 5.73 Å². The molecule has 0 bridgehead atoms. The maximum Gasteiger partial charge on any atom is 0.139 e. The summed E-state index contributed by atoms with van der Waals surface area (Å²) in [5.74, 6) is 0. The highest BCUT2D eigenvalue weighted by molar-refractivity contribution is 6.11. The van der Waals surface area contributed by atoms with Gasteiger partial charge in [-0.3, -0.25) is 0 Å². The van der Waals surface area contributed by atoms with Crippen LogP contribution in [0.15, 0.2) is 0 Å². The normalized spacial score (nSPS) is 43.6. The van der Waals surface area contributed by atoms with E-state index >= 15 is 0 Å². The summed E-state index contributed by atoms with van der Waals surface area (Å²) < 4.78 is 5.50. The highest BCUT2D eigenvalue weighted by Gasteiger charge is 2.27. The fourth-order valence-electron chi connectivity index (χ4n) is 1.39. The molecule has 1 aliphatic rings. The van der Waals surface area contributed by atoms with Gasteiger partial charge in [-0.05, 0) is 12.8 Å². The smallest absolute Gasteiger partial charge is 0.139 e. The highest BCUT2D eigenvalue weighted by atomic mass is 16.5. The van der Waals surface area contributed by atoms with Crippen LogP contribution in [0.1, 0.15) is 19.8 Å². The van der Waals surface area contributed by atoms with Crippen molar-refractivity contribution in [2.45, 2.75) is 37.9 Å². The van der Waals surface area contributed by atoms with Gasteiger partial charge in [-0.1, -0.05) is 6.92 Å².